The standard InChI is InChI=1S/C38H34O7/c1-41-31-22-33(40)37(34(23-31)42-2)32(39)19-18-30-20-35(43-24-27-12-6-3-7-13-27)38(45-26-29-16-10-5-11-17-29)36(21-30)44-25-28-14-8-4-9-15-28/h3-23,40H,24-26H2,1-2H3/b19-18+. The van der Waals surface area contributed by atoms with E-state index in [9.17, 15) is 9.90 Å². The van der Waals surface area contributed by atoms with Crippen LogP contribution in [0.2, 0.25) is 0 Å². The number of hydrogen-bond acceptors (Lipinski definition) is 7. The molecule has 0 unspecified atom stereocenters. The number of carbonyl (C=O) groups excluding carboxylic acids is 1. The Balaban J connectivity index is 1.51. The van der Waals surface area contributed by atoms with E-state index in [-0.39, 0.29) is 17.1 Å². The zero-order valence-electron chi connectivity index (χ0n) is 25.1. The van der Waals surface area contributed by atoms with E-state index < -0.39 is 5.78 Å². The summed E-state index contributed by atoms with van der Waals surface area (Å²) in [6.07, 6.45) is 3.00. The summed E-state index contributed by atoms with van der Waals surface area (Å²) in [6.45, 7) is 0.891. The van der Waals surface area contributed by atoms with Gasteiger partial charge in [-0.3, -0.25) is 4.79 Å². The molecular formula is C38H34O7. The van der Waals surface area contributed by atoms with Crippen molar-refractivity contribution in [3.8, 4) is 34.5 Å². The summed E-state index contributed by atoms with van der Waals surface area (Å²) in [6, 6.07) is 36.0. The molecule has 228 valence electrons. The minimum Gasteiger partial charge on any atom is -0.507 e. The van der Waals surface area contributed by atoms with E-state index in [0.29, 0.717) is 48.4 Å². The number of methoxy groups -OCH3 is 2. The van der Waals surface area contributed by atoms with Gasteiger partial charge in [-0.05, 0) is 40.5 Å². The molecule has 0 bridgehead atoms. The maximum atomic E-state index is 13.3. The molecule has 5 rings (SSSR count). The van der Waals surface area contributed by atoms with Crippen LogP contribution in [0.15, 0.2) is 121 Å². The molecule has 0 aliphatic carbocycles. The fourth-order valence-electron chi connectivity index (χ4n) is 4.61. The van der Waals surface area contributed by atoms with E-state index in [2.05, 4.69) is 0 Å². The lowest BCUT2D eigenvalue weighted by Crippen LogP contribution is -2.05. The number of ether oxygens (including phenoxy) is 5. The highest BCUT2D eigenvalue weighted by Gasteiger charge is 2.19. The zero-order chi connectivity index (χ0) is 31.4. The third kappa shape index (κ3) is 8.24. The Kier molecular flexibility index (Phi) is 10.4. The predicted molar refractivity (Wildman–Crippen MR) is 173 cm³/mol. The number of phenolic OH excluding ortho intramolecular Hbond substituents is 1. The number of rotatable bonds is 14. The lowest BCUT2D eigenvalue weighted by Gasteiger charge is -2.18. The molecule has 1 N–H and O–H groups in total. The highest BCUT2D eigenvalue weighted by Crippen LogP contribution is 2.41. The van der Waals surface area contributed by atoms with Crippen LogP contribution in [0.25, 0.3) is 6.08 Å². The van der Waals surface area contributed by atoms with Gasteiger partial charge in [-0.2, -0.15) is 0 Å². The molecule has 0 amide bonds. The minimum absolute atomic E-state index is 0.0264. The summed E-state index contributed by atoms with van der Waals surface area (Å²) in [7, 11) is 2.90. The van der Waals surface area contributed by atoms with Crippen molar-refractivity contribution in [1.82, 2.24) is 0 Å². The molecule has 0 fully saturated rings. The van der Waals surface area contributed by atoms with Gasteiger partial charge >= 0.3 is 0 Å². The summed E-state index contributed by atoms with van der Waals surface area (Å²) in [5, 5.41) is 10.6. The second-order valence-corrected chi connectivity index (χ2v) is 10.1. The maximum Gasteiger partial charge on any atom is 0.203 e. The SMILES string of the molecule is COc1cc(O)c(C(=O)/C=C/c2cc(OCc3ccccc3)c(OCc3ccccc3)c(OCc3ccccc3)c2)c(OC)c1. The van der Waals surface area contributed by atoms with Crippen molar-refractivity contribution in [3.05, 3.63) is 149 Å². The molecular weight excluding hydrogens is 568 g/mol. The maximum absolute atomic E-state index is 13.3. The van der Waals surface area contributed by atoms with Gasteiger partial charge in [0.15, 0.2) is 17.3 Å². The van der Waals surface area contributed by atoms with Gasteiger partial charge in [0, 0.05) is 12.1 Å². The smallest absolute Gasteiger partial charge is 0.203 e. The van der Waals surface area contributed by atoms with Crippen LogP contribution in [0, 0.1) is 0 Å². The molecule has 7 heteroatoms. The minimum atomic E-state index is -0.449. The molecule has 0 spiro atoms. The molecule has 5 aromatic rings. The monoisotopic (exact) mass is 602 g/mol. The molecule has 5 aromatic carbocycles. The number of phenols is 1. The number of allylic oxidation sites excluding steroid dienone is 1. The number of hydrogen-bond donors (Lipinski definition) is 1. The van der Waals surface area contributed by atoms with E-state index >= 15 is 0 Å². The van der Waals surface area contributed by atoms with Crippen molar-refractivity contribution in [2.24, 2.45) is 0 Å². The first-order valence-electron chi connectivity index (χ1n) is 14.4. The van der Waals surface area contributed by atoms with Crippen molar-refractivity contribution in [3.63, 3.8) is 0 Å². The largest absolute Gasteiger partial charge is 0.507 e. The molecule has 0 heterocycles. The Hall–Kier alpha value is -5.69. The predicted octanol–water partition coefficient (Wildman–Crippen LogP) is 8.04. The van der Waals surface area contributed by atoms with E-state index in [1.54, 1.807) is 24.3 Å². The Morgan fingerprint density at radius 3 is 1.58 bits per heavy atom. The quantitative estimate of drug-likeness (QED) is 0.102. The fraction of sp³-hybridized carbons (Fsp3) is 0.132. The van der Waals surface area contributed by atoms with Crippen LogP contribution in [0.4, 0.5) is 0 Å². The molecule has 0 atom stereocenters. The summed E-state index contributed by atoms with van der Waals surface area (Å²) >= 11 is 0. The summed E-state index contributed by atoms with van der Waals surface area (Å²) < 4.78 is 29.5. The topological polar surface area (TPSA) is 83.5 Å². The highest BCUT2D eigenvalue weighted by atomic mass is 16.5. The average Bonchev–Trinajstić information content (AvgIpc) is 3.09. The Morgan fingerprint density at radius 1 is 0.622 bits per heavy atom. The molecule has 0 saturated carbocycles. The summed E-state index contributed by atoms with van der Waals surface area (Å²) in [5.74, 6) is 1.24. The van der Waals surface area contributed by atoms with Crippen LogP contribution in [0.3, 0.4) is 0 Å². The van der Waals surface area contributed by atoms with Crippen LogP contribution in [0.1, 0.15) is 32.6 Å². The van der Waals surface area contributed by atoms with Crippen LogP contribution in [-0.4, -0.2) is 25.1 Å². The van der Waals surface area contributed by atoms with E-state index in [0.717, 1.165) is 16.7 Å². The van der Waals surface area contributed by atoms with Crippen molar-refractivity contribution >= 4 is 11.9 Å². The Bertz CT molecular complexity index is 1670. The fourth-order valence-corrected chi connectivity index (χ4v) is 4.61. The van der Waals surface area contributed by atoms with Crippen LogP contribution >= 0.6 is 0 Å². The van der Waals surface area contributed by atoms with Crippen molar-refractivity contribution in [2.45, 2.75) is 19.8 Å². The van der Waals surface area contributed by atoms with E-state index in [4.69, 9.17) is 23.7 Å². The lowest BCUT2D eigenvalue weighted by atomic mass is 10.1. The second kappa shape index (κ2) is 15.2. The Labute approximate surface area is 262 Å². The third-order valence-corrected chi connectivity index (χ3v) is 6.93. The normalized spacial score (nSPS) is 10.8. The first kappa shape index (κ1) is 30.8. The van der Waals surface area contributed by atoms with Gasteiger partial charge in [0.05, 0.1) is 14.2 Å². The zero-order valence-corrected chi connectivity index (χ0v) is 25.1. The molecule has 45 heavy (non-hydrogen) atoms. The summed E-state index contributed by atoms with van der Waals surface area (Å²) in [5.41, 5.74) is 3.61. The average molecular weight is 603 g/mol. The Morgan fingerprint density at radius 2 is 1.11 bits per heavy atom. The van der Waals surface area contributed by atoms with Crippen molar-refractivity contribution < 1.29 is 33.6 Å². The third-order valence-electron chi connectivity index (χ3n) is 6.93. The van der Waals surface area contributed by atoms with Gasteiger partial charge in [0.25, 0.3) is 0 Å². The molecule has 0 radical (unpaired) electrons. The lowest BCUT2D eigenvalue weighted by molar-refractivity contribution is 0.104. The van der Waals surface area contributed by atoms with Gasteiger partial charge in [-0.15, -0.1) is 0 Å². The number of ketones is 1. The molecule has 0 aromatic heterocycles. The first-order chi connectivity index (χ1) is 22.0. The van der Waals surface area contributed by atoms with Gasteiger partial charge in [-0.1, -0.05) is 97.1 Å². The van der Waals surface area contributed by atoms with Crippen molar-refractivity contribution in [2.75, 3.05) is 14.2 Å². The second-order valence-electron chi connectivity index (χ2n) is 10.1. The number of benzene rings is 5. The number of carbonyl (C=O) groups is 1. The summed E-state index contributed by atoms with van der Waals surface area (Å²) in [4.78, 5) is 13.3. The molecule has 0 aliphatic heterocycles. The van der Waals surface area contributed by atoms with Crippen molar-refractivity contribution in [1.29, 1.82) is 0 Å². The van der Waals surface area contributed by atoms with E-state index in [1.807, 2.05) is 91.0 Å². The van der Waals surface area contributed by atoms with E-state index in [1.165, 1.54) is 26.4 Å². The number of aromatic hydroxyl groups is 1. The molecule has 0 aliphatic rings. The van der Waals surface area contributed by atoms with Gasteiger partial charge in [0.1, 0.15) is 42.6 Å². The molecule has 7 nitrogen and oxygen atoms in total. The van der Waals surface area contributed by atoms with Gasteiger partial charge < -0.3 is 28.8 Å². The van der Waals surface area contributed by atoms with Crippen LogP contribution < -0.4 is 23.7 Å². The highest BCUT2D eigenvalue weighted by molar-refractivity contribution is 6.10. The molecule has 0 saturated heterocycles. The van der Waals surface area contributed by atoms with Crippen LogP contribution in [-0.2, 0) is 19.8 Å². The van der Waals surface area contributed by atoms with Gasteiger partial charge in [-0.25, -0.2) is 0 Å². The van der Waals surface area contributed by atoms with Gasteiger partial charge in [0.2, 0.25) is 5.75 Å². The first-order valence-corrected chi connectivity index (χ1v) is 14.4. The van der Waals surface area contributed by atoms with Crippen LogP contribution in [0.5, 0.6) is 34.5 Å².